The molecule has 0 amide bonds. The molecule has 1 unspecified atom stereocenters. The van der Waals surface area contributed by atoms with E-state index in [0.29, 0.717) is 11.3 Å². The van der Waals surface area contributed by atoms with Gasteiger partial charge in [-0.05, 0) is 80.6 Å². The maximum Gasteiger partial charge on any atom is 0.338 e. The van der Waals surface area contributed by atoms with E-state index in [0.717, 1.165) is 47.0 Å². The number of hydrogen-bond donors (Lipinski definition) is 1. The zero-order chi connectivity index (χ0) is 26.9. The number of benzene rings is 2. The highest BCUT2D eigenvalue weighted by Crippen LogP contribution is 2.44. The van der Waals surface area contributed by atoms with Crippen LogP contribution in [0.5, 0.6) is 5.75 Å². The van der Waals surface area contributed by atoms with Gasteiger partial charge in [0.25, 0.3) is 0 Å². The summed E-state index contributed by atoms with van der Waals surface area (Å²) < 4.78 is 13.2. The highest BCUT2D eigenvalue weighted by atomic mass is 16.6. The number of carboxylic acids is 1. The van der Waals surface area contributed by atoms with Crippen molar-refractivity contribution in [3.8, 4) is 17.0 Å². The standard InChI is InChI=1S/C31H37NO5/c1-7-8-9-10-19(2)27-25-13-11-20(30(35)37-31(3,4)5)17-26(25)32-18-22(29(33)34)15-21-16-23(36-6)12-14-24(21)28(27)32/h11-17,19H,7-10,18H2,1-6H3,(H,33,34). The molecule has 1 aromatic heterocycles. The zero-order valence-corrected chi connectivity index (χ0v) is 22.7. The second-order valence-corrected chi connectivity index (χ2v) is 10.9. The number of carboxylic acid groups (broad SMARTS) is 1. The van der Waals surface area contributed by atoms with Gasteiger partial charge < -0.3 is 19.1 Å². The molecule has 0 spiro atoms. The van der Waals surface area contributed by atoms with Crippen molar-refractivity contribution in [2.24, 2.45) is 0 Å². The van der Waals surface area contributed by atoms with Crippen LogP contribution in [0.3, 0.4) is 0 Å². The Labute approximate surface area is 218 Å². The smallest absolute Gasteiger partial charge is 0.338 e. The summed E-state index contributed by atoms with van der Waals surface area (Å²) in [5, 5.41) is 11.1. The van der Waals surface area contributed by atoms with Crippen LogP contribution < -0.4 is 4.74 Å². The van der Waals surface area contributed by atoms with Gasteiger partial charge in [0.2, 0.25) is 0 Å². The Kier molecular flexibility index (Phi) is 7.49. The summed E-state index contributed by atoms with van der Waals surface area (Å²) in [5.41, 5.74) is 4.92. The molecule has 37 heavy (non-hydrogen) atoms. The van der Waals surface area contributed by atoms with Gasteiger partial charge in [-0.3, -0.25) is 0 Å². The molecule has 4 rings (SSSR count). The highest BCUT2D eigenvalue weighted by Gasteiger charge is 2.29. The Morgan fingerprint density at radius 2 is 1.86 bits per heavy atom. The van der Waals surface area contributed by atoms with Crippen molar-refractivity contribution in [1.82, 2.24) is 4.57 Å². The fraction of sp³-hybridized carbons (Fsp3) is 0.419. The molecule has 2 aromatic carbocycles. The number of aliphatic carboxylic acids is 1. The number of aromatic nitrogens is 1. The maximum absolute atomic E-state index is 12.9. The lowest BCUT2D eigenvalue weighted by Gasteiger charge is -2.19. The van der Waals surface area contributed by atoms with Crippen LogP contribution in [0.2, 0.25) is 0 Å². The topological polar surface area (TPSA) is 77.8 Å². The fourth-order valence-electron chi connectivity index (χ4n) is 5.17. The number of fused-ring (bicyclic) bond motifs is 5. The lowest BCUT2D eigenvalue weighted by molar-refractivity contribution is -0.132. The van der Waals surface area contributed by atoms with Crippen LogP contribution in [0.25, 0.3) is 28.2 Å². The number of carbonyl (C=O) groups excluding carboxylic acids is 1. The molecule has 0 saturated heterocycles. The predicted molar refractivity (Wildman–Crippen MR) is 147 cm³/mol. The van der Waals surface area contributed by atoms with Crippen molar-refractivity contribution in [3.63, 3.8) is 0 Å². The van der Waals surface area contributed by atoms with E-state index in [1.807, 2.05) is 57.2 Å². The summed E-state index contributed by atoms with van der Waals surface area (Å²) in [6.45, 7) is 10.2. The largest absolute Gasteiger partial charge is 0.497 e. The minimum absolute atomic E-state index is 0.192. The normalized spacial score (nSPS) is 13.8. The molecule has 6 nitrogen and oxygen atoms in total. The minimum Gasteiger partial charge on any atom is -0.497 e. The Morgan fingerprint density at radius 3 is 2.51 bits per heavy atom. The van der Waals surface area contributed by atoms with Crippen molar-refractivity contribution in [2.75, 3.05) is 7.11 Å². The molecule has 1 aliphatic rings. The molecule has 0 saturated carbocycles. The third-order valence-electron chi connectivity index (χ3n) is 6.92. The number of esters is 1. The Balaban J connectivity index is 2.00. The molecule has 196 valence electrons. The summed E-state index contributed by atoms with van der Waals surface area (Å²) >= 11 is 0. The molecule has 6 heteroatoms. The average Bonchev–Trinajstić information content (AvgIpc) is 3.05. The van der Waals surface area contributed by atoms with Crippen LogP contribution in [0.1, 0.15) is 87.7 Å². The van der Waals surface area contributed by atoms with Crippen LogP contribution in [-0.4, -0.2) is 34.3 Å². The van der Waals surface area contributed by atoms with Gasteiger partial charge in [-0.25, -0.2) is 9.59 Å². The van der Waals surface area contributed by atoms with Gasteiger partial charge in [0.1, 0.15) is 11.4 Å². The second kappa shape index (κ2) is 10.4. The molecule has 2 heterocycles. The summed E-state index contributed by atoms with van der Waals surface area (Å²) in [6.07, 6.45) is 6.20. The Hall–Kier alpha value is -3.54. The van der Waals surface area contributed by atoms with Crippen LogP contribution in [-0.2, 0) is 16.1 Å². The molecule has 0 radical (unpaired) electrons. The van der Waals surface area contributed by atoms with Gasteiger partial charge >= 0.3 is 11.9 Å². The van der Waals surface area contributed by atoms with Crippen LogP contribution >= 0.6 is 0 Å². The summed E-state index contributed by atoms with van der Waals surface area (Å²) in [7, 11) is 1.61. The molecule has 3 aromatic rings. The van der Waals surface area contributed by atoms with E-state index in [1.54, 1.807) is 13.2 Å². The average molecular weight is 504 g/mol. The van der Waals surface area contributed by atoms with Gasteiger partial charge in [0.05, 0.1) is 30.5 Å². The third kappa shape index (κ3) is 5.43. The number of hydrogen-bond acceptors (Lipinski definition) is 4. The van der Waals surface area contributed by atoms with Gasteiger partial charge in [-0.2, -0.15) is 0 Å². The third-order valence-corrected chi connectivity index (χ3v) is 6.92. The van der Waals surface area contributed by atoms with Crippen molar-refractivity contribution < 1.29 is 24.2 Å². The first kappa shape index (κ1) is 26.5. The number of ether oxygens (including phenoxy) is 2. The van der Waals surface area contributed by atoms with Crippen LogP contribution in [0, 0.1) is 0 Å². The van der Waals surface area contributed by atoms with Crippen molar-refractivity contribution >= 4 is 28.9 Å². The summed E-state index contributed by atoms with van der Waals surface area (Å²) in [6, 6.07) is 11.5. The lowest BCUT2D eigenvalue weighted by atomic mass is 9.89. The van der Waals surface area contributed by atoms with E-state index in [9.17, 15) is 14.7 Å². The van der Waals surface area contributed by atoms with Gasteiger partial charge in [-0.15, -0.1) is 0 Å². The SMILES string of the molecule is CCCCCC(C)c1c2n(c3cc(C(=O)OC(C)(C)C)ccc13)CC(C(=O)O)=Cc1cc(OC)ccc1-2. The quantitative estimate of drug-likeness (QED) is 0.255. The van der Waals surface area contributed by atoms with Crippen molar-refractivity contribution in [3.05, 3.63) is 58.7 Å². The monoisotopic (exact) mass is 503 g/mol. The van der Waals surface area contributed by atoms with Crippen LogP contribution in [0.15, 0.2) is 42.0 Å². The number of unbranched alkanes of at least 4 members (excludes halogenated alkanes) is 2. The Morgan fingerprint density at radius 1 is 1.11 bits per heavy atom. The lowest BCUT2D eigenvalue weighted by Crippen LogP contribution is -2.23. The number of carbonyl (C=O) groups is 2. The second-order valence-electron chi connectivity index (χ2n) is 10.9. The van der Waals surface area contributed by atoms with Crippen molar-refractivity contribution in [2.45, 2.75) is 78.4 Å². The minimum atomic E-state index is -0.968. The Bertz CT molecular complexity index is 1370. The molecule has 1 N–H and O–H groups in total. The predicted octanol–water partition coefficient (Wildman–Crippen LogP) is 7.44. The van der Waals surface area contributed by atoms with Gasteiger partial charge in [-0.1, -0.05) is 39.2 Å². The number of methoxy groups -OCH3 is 1. The molecule has 0 bridgehead atoms. The van der Waals surface area contributed by atoms with E-state index in [2.05, 4.69) is 18.4 Å². The van der Waals surface area contributed by atoms with Crippen LogP contribution in [0.4, 0.5) is 0 Å². The first-order valence-corrected chi connectivity index (χ1v) is 13.1. The zero-order valence-electron chi connectivity index (χ0n) is 22.7. The van der Waals surface area contributed by atoms with E-state index < -0.39 is 17.5 Å². The highest BCUT2D eigenvalue weighted by molar-refractivity contribution is 6.02. The summed E-state index contributed by atoms with van der Waals surface area (Å²) in [4.78, 5) is 25.2. The molecular weight excluding hydrogens is 466 g/mol. The molecule has 1 aliphatic heterocycles. The maximum atomic E-state index is 12.9. The molecule has 1 atom stereocenters. The molecule has 0 aliphatic carbocycles. The van der Waals surface area contributed by atoms with E-state index in [4.69, 9.17) is 9.47 Å². The van der Waals surface area contributed by atoms with Gasteiger partial charge in [0.15, 0.2) is 0 Å². The van der Waals surface area contributed by atoms with Gasteiger partial charge in [0, 0.05) is 16.5 Å². The van der Waals surface area contributed by atoms with Crippen molar-refractivity contribution in [1.29, 1.82) is 0 Å². The summed E-state index contributed by atoms with van der Waals surface area (Å²) in [5.74, 6) is -0.437. The number of nitrogens with zero attached hydrogens (tertiary/aromatic N) is 1. The van der Waals surface area contributed by atoms with E-state index in [1.165, 1.54) is 12.0 Å². The first-order valence-electron chi connectivity index (χ1n) is 13.1. The molecular formula is C31H37NO5. The molecule has 0 fully saturated rings. The fourth-order valence-corrected chi connectivity index (χ4v) is 5.17. The van der Waals surface area contributed by atoms with E-state index >= 15 is 0 Å². The number of rotatable bonds is 8. The van der Waals surface area contributed by atoms with E-state index in [-0.39, 0.29) is 18.0 Å². The first-order chi connectivity index (χ1) is 17.5.